The van der Waals surface area contributed by atoms with E-state index in [9.17, 15) is 19.2 Å². The molecule has 0 radical (unpaired) electrons. The van der Waals surface area contributed by atoms with Crippen LogP contribution in [0.2, 0.25) is 0 Å². The van der Waals surface area contributed by atoms with Crippen molar-refractivity contribution in [1.82, 2.24) is 15.5 Å². The number of alkyl carbamates (subject to hydrolysis) is 1. The molecule has 3 amide bonds. The van der Waals surface area contributed by atoms with Gasteiger partial charge in [-0.25, -0.2) is 9.59 Å². The molecule has 1 heterocycles. The molecule has 1 fully saturated rings. The maximum absolute atomic E-state index is 12.6. The number of rotatable bonds is 9. The Hall–Kier alpha value is -3.10. The van der Waals surface area contributed by atoms with E-state index in [2.05, 4.69) is 10.6 Å². The molecular weight excluding hydrogens is 391 g/mol. The molecule has 1 aromatic rings. The first-order valence-electron chi connectivity index (χ1n) is 10.2. The maximum Gasteiger partial charge on any atom is 0.407 e. The second-order valence-electron chi connectivity index (χ2n) is 6.88. The number of nitrogens with one attached hydrogen (secondary N) is 2. The molecule has 2 atom stereocenters. The van der Waals surface area contributed by atoms with Crippen molar-refractivity contribution in [3.63, 3.8) is 0 Å². The Bertz CT molecular complexity index is 740. The monoisotopic (exact) mass is 420 g/mol. The number of amides is 3. The zero-order valence-corrected chi connectivity index (χ0v) is 17.4. The van der Waals surface area contributed by atoms with Crippen LogP contribution in [-0.4, -0.2) is 60.6 Å². The van der Waals surface area contributed by atoms with Gasteiger partial charge in [-0.1, -0.05) is 37.3 Å². The molecule has 0 bridgehead atoms. The van der Waals surface area contributed by atoms with Gasteiger partial charge in [0.1, 0.15) is 25.2 Å². The van der Waals surface area contributed by atoms with Crippen LogP contribution in [-0.2, 0) is 30.5 Å². The second-order valence-corrected chi connectivity index (χ2v) is 6.88. The Balaban J connectivity index is 1.82. The van der Waals surface area contributed by atoms with Gasteiger partial charge in [-0.15, -0.1) is 0 Å². The third-order valence-electron chi connectivity index (χ3n) is 4.77. The second kappa shape index (κ2) is 11.8. The van der Waals surface area contributed by atoms with Gasteiger partial charge < -0.3 is 25.0 Å². The number of hydrogen-bond donors (Lipinski definition) is 2. The van der Waals surface area contributed by atoms with Crippen molar-refractivity contribution in [3.05, 3.63) is 35.9 Å². The minimum absolute atomic E-state index is 0.0991. The molecule has 9 nitrogen and oxygen atoms in total. The van der Waals surface area contributed by atoms with Crippen molar-refractivity contribution in [2.24, 2.45) is 0 Å². The third kappa shape index (κ3) is 6.75. The Kier molecular flexibility index (Phi) is 9.11. The summed E-state index contributed by atoms with van der Waals surface area (Å²) in [7, 11) is 0. The SMILES string of the molecule is CCO[13C](=O)C(CC)NC(=O)[C@@H]1CCCN1C(=O)CNC(=O)OCc1ccccc1. The van der Waals surface area contributed by atoms with E-state index in [1.54, 1.807) is 13.8 Å². The molecule has 1 aliphatic heterocycles. The third-order valence-corrected chi connectivity index (χ3v) is 4.77. The number of carbonyl (C=O) groups is 4. The summed E-state index contributed by atoms with van der Waals surface area (Å²) in [4.78, 5) is 50.3. The van der Waals surface area contributed by atoms with Crippen molar-refractivity contribution >= 4 is 23.9 Å². The van der Waals surface area contributed by atoms with Crippen LogP contribution in [0.1, 0.15) is 38.7 Å². The Morgan fingerprint density at radius 3 is 2.53 bits per heavy atom. The Morgan fingerprint density at radius 2 is 1.87 bits per heavy atom. The van der Waals surface area contributed by atoms with E-state index in [-0.39, 0.29) is 25.7 Å². The van der Waals surface area contributed by atoms with Gasteiger partial charge in [-0.05, 0) is 31.7 Å². The number of hydrogen-bond acceptors (Lipinski definition) is 6. The molecular formula is C21H29N3O6. The summed E-state index contributed by atoms with van der Waals surface area (Å²) in [6.07, 6.45) is 0.842. The summed E-state index contributed by atoms with van der Waals surface area (Å²) < 4.78 is 10.0. The summed E-state index contributed by atoms with van der Waals surface area (Å²) in [6, 6.07) is 7.76. The lowest BCUT2D eigenvalue weighted by atomic mass is 10.2. The molecule has 2 N–H and O–H groups in total. The highest BCUT2D eigenvalue weighted by Gasteiger charge is 2.35. The zero-order chi connectivity index (χ0) is 21.9. The lowest BCUT2D eigenvalue weighted by Crippen LogP contribution is -2.52. The Labute approximate surface area is 176 Å². The molecule has 0 aliphatic carbocycles. The summed E-state index contributed by atoms with van der Waals surface area (Å²) in [5, 5.41) is 5.08. The van der Waals surface area contributed by atoms with Gasteiger partial charge in [-0.3, -0.25) is 9.59 Å². The molecule has 1 aromatic carbocycles. The minimum Gasteiger partial charge on any atom is -0.464 e. The lowest BCUT2D eigenvalue weighted by molar-refractivity contribution is -0.148. The normalized spacial score (nSPS) is 16.5. The van der Waals surface area contributed by atoms with Crippen molar-refractivity contribution in [3.8, 4) is 0 Å². The van der Waals surface area contributed by atoms with Crippen LogP contribution in [0.3, 0.4) is 0 Å². The lowest BCUT2D eigenvalue weighted by Gasteiger charge is -2.25. The van der Waals surface area contributed by atoms with E-state index in [1.807, 2.05) is 30.3 Å². The van der Waals surface area contributed by atoms with Crippen LogP contribution in [0, 0.1) is 0 Å². The molecule has 0 spiro atoms. The Morgan fingerprint density at radius 1 is 1.13 bits per heavy atom. The maximum atomic E-state index is 12.6. The fraction of sp³-hybridized carbons (Fsp3) is 0.524. The first kappa shape index (κ1) is 23.2. The summed E-state index contributed by atoms with van der Waals surface area (Å²) >= 11 is 0. The topological polar surface area (TPSA) is 114 Å². The summed E-state index contributed by atoms with van der Waals surface area (Å²) in [6.45, 7) is 3.93. The first-order chi connectivity index (χ1) is 14.5. The average molecular weight is 420 g/mol. The van der Waals surface area contributed by atoms with Crippen molar-refractivity contribution in [1.29, 1.82) is 0 Å². The fourth-order valence-corrected chi connectivity index (χ4v) is 3.20. The van der Waals surface area contributed by atoms with Gasteiger partial charge in [0.15, 0.2) is 0 Å². The van der Waals surface area contributed by atoms with Crippen LogP contribution in [0.4, 0.5) is 4.79 Å². The van der Waals surface area contributed by atoms with E-state index >= 15 is 0 Å². The van der Waals surface area contributed by atoms with Crippen molar-refractivity contribution < 1.29 is 28.7 Å². The number of nitrogens with zero attached hydrogens (tertiary/aromatic N) is 1. The van der Waals surface area contributed by atoms with Gasteiger partial charge in [0.25, 0.3) is 0 Å². The number of carbonyl (C=O) groups excluding carboxylic acids is 4. The van der Waals surface area contributed by atoms with Crippen LogP contribution < -0.4 is 10.6 Å². The van der Waals surface area contributed by atoms with E-state index < -0.39 is 30.1 Å². The van der Waals surface area contributed by atoms with Gasteiger partial charge in [0.2, 0.25) is 11.8 Å². The minimum atomic E-state index is -0.749. The van der Waals surface area contributed by atoms with E-state index in [0.717, 1.165) is 5.56 Å². The van der Waals surface area contributed by atoms with E-state index in [4.69, 9.17) is 9.47 Å². The molecule has 164 valence electrons. The molecule has 1 aliphatic rings. The molecule has 0 saturated carbocycles. The van der Waals surface area contributed by atoms with Crippen molar-refractivity contribution in [2.75, 3.05) is 19.7 Å². The van der Waals surface area contributed by atoms with E-state index in [1.165, 1.54) is 4.90 Å². The number of esters is 1. The predicted molar refractivity (Wildman–Crippen MR) is 108 cm³/mol. The highest BCUT2D eigenvalue weighted by atomic mass is 16.6. The largest absolute Gasteiger partial charge is 0.464 e. The smallest absolute Gasteiger partial charge is 0.407 e. The zero-order valence-electron chi connectivity index (χ0n) is 17.4. The van der Waals surface area contributed by atoms with E-state index in [0.29, 0.717) is 25.8 Å². The molecule has 0 aromatic heterocycles. The van der Waals surface area contributed by atoms with Gasteiger partial charge in [-0.2, -0.15) is 0 Å². The van der Waals surface area contributed by atoms with Crippen molar-refractivity contribution in [2.45, 2.75) is 51.8 Å². The molecule has 9 heteroatoms. The highest BCUT2D eigenvalue weighted by molar-refractivity contribution is 5.92. The van der Waals surface area contributed by atoms with Gasteiger partial charge >= 0.3 is 12.1 Å². The summed E-state index contributed by atoms with van der Waals surface area (Å²) in [5.74, 6) is -1.27. The molecule has 1 unspecified atom stereocenters. The standard InChI is InChI=1S/C21H29N3O6/c1-3-16(20(27)29-4-2)23-19(26)17-11-8-12-24(17)18(25)13-22-21(28)30-14-15-9-6-5-7-10-15/h5-7,9-10,16-17H,3-4,8,11-14H2,1-2H3,(H,22,28)(H,23,26)/t16?,17-/m0/s1/i20+1. The van der Waals surface area contributed by atoms with Crippen LogP contribution in [0.15, 0.2) is 30.3 Å². The summed E-state index contributed by atoms with van der Waals surface area (Å²) in [5.41, 5.74) is 0.835. The first-order valence-corrected chi connectivity index (χ1v) is 10.2. The molecule has 30 heavy (non-hydrogen) atoms. The van der Waals surface area contributed by atoms with Gasteiger partial charge in [0.05, 0.1) is 6.61 Å². The number of ether oxygens (including phenoxy) is 2. The highest BCUT2D eigenvalue weighted by Crippen LogP contribution is 2.18. The van der Waals surface area contributed by atoms with Crippen LogP contribution in [0.25, 0.3) is 0 Å². The number of likely N-dealkylation sites (tertiary alicyclic amines) is 1. The molecule has 2 rings (SSSR count). The fourth-order valence-electron chi connectivity index (χ4n) is 3.20. The van der Waals surface area contributed by atoms with Crippen LogP contribution in [0.5, 0.6) is 0 Å². The van der Waals surface area contributed by atoms with Crippen LogP contribution >= 0.6 is 0 Å². The number of benzene rings is 1. The predicted octanol–water partition coefficient (Wildman–Crippen LogP) is 1.36. The molecule has 1 saturated heterocycles. The van der Waals surface area contributed by atoms with Gasteiger partial charge in [0, 0.05) is 6.54 Å². The average Bonchev–Trinajstić information content (AvgIpc) is 3.25. The quantitative estimate of drug-likeness (QED) is 0.461.